The van der Waals surface area contributed by atoms with Crippen molar-refractivity contribution >= 4 is 12.6 Å². The van der Waals surface area contributed by atoms with E-state index in [1.807, 2.05) is 0 Å². The van der Waals surface area contributed by atoms with E-state index in [-0.39, 0.29) is 11.2 Å². The van der Waals surface area contributed by atoms with E-state index in [1.165, 1.54) is 12.1 Å². The fourth-order valence-corrected chi connectivity index (χ4v) is 1.08. The molecule has 2 N–H and O–H groups in total. The highest BCUT2D eigenvalue weighted by atomic mass is 19.1. The van der Waals surface area contributed by atoms with Gasteiger partial charge >= 0.3 is 7.12 Å². The van der Waals surface area contributed by atoms with Gasteiger partial charge in [-0.2, -0.15) is 0 Å². The van der Waals surface area contributed by atoms with Crippen LogP contribution in [-0.2, 0) is 0 Å². The Bertz CT molecular complexity index is 341. The van der Waals surface area contributed by atoms with Crippen molar-refractivity contribution in [3.05, 3.63) is 36.7 Å². The molecular formula is C10H12BFO3. The smallest absolute Gasteiger partial charge is 0.488 e. The molecule has 0 unspecified atom stereocenters. The Balaban J connectivity index is 2.74. The summed E-state index contributed by atoms with van der Waals surface area (Å²) in [6, 6.07) is 3.62. The van der Waals surface area contributed by atoms with Crippen LogP contribution in [0.5, 0.6) is 5.75 Å². The fourth-order valence-electron chi connectivity index (χ4n) is 1.08. The Morgan fingerprint density at radius 1 is 1.40 bits per heavy atom. The minimum absolute atomic E-state index is 0.0728. The first-order valence-electron chi connectivity index (χ1n) is 4.54. The van der Waals surface area contributed by atoms with E-state index in [0.717, 1.165) is 6.07 Å². The van der Waals surface area contributed by atoms with Crippen LogP contribution >= 0.6 is 0 Å². The van der Waals surface area contributed by atoms with Gasteiger partial charge in [-0.1, -0.05) is 6.08 Å². The lowest BCUT2D eigenvalue weighted by Gasteiger charge is -2.07. The number of hydrogen-bond acceptors (Lipinski definition) is 3. The summed E-state index contributed by atoms with van der Waals surface area (Å²) in [5.74, 6) is -0.283. The summed E-state index contributed by atoms with van der Waals surface area (Å²) in [6.07, 6.45) is 2.33. The van der Waals surface area contributed by atoms with E-state index in [1.54, 1.807) is 6.08 Å². The van der Waals surface area contributed by atoms with Crippen molar-refractivity contribution in [1.82, 2.24) is 0 Å². The SMILES string of the molecule is C=CCCOc1cc(F)cc(B(O)O)c1. The topological polar surface area (TPSA) is 49.7 Å². The van der Waals surface area contributed by atoms with Crippen LogP contribution in [0.25, 0.3) is 0 Å². The van der Waals surface area contributed by atoms with Crippen molar-refractivity contribution in [3.63, 3.8) is 0 Å². The zero-order valence-electron chi connectivity index (χ0n) is 8.19. The molecule has 0 aromatic heterocycles. The van der Waals surface area contributed by atoms with E-state index >= 15 is 0 Å². The minimum atomic E-state index is -1.69. The number of hydrogen-bond donors (Lipinski definition) is 2. The van der Waals surface area contributed by atoms with Crippen LogP contribution in [0.1, 0.15) is 6.42 Å². The van der Waals surface area contributed by atoms with Gasteiger partial charge in [0.2, 0.25) is 0 Å². The zero-order valence-corrected chi connectivity index (χ0v) is 8.19. The van der Waals surface area contributed by atoms with E-state index in [9.17, 15) is 4.39 Å². The van der Waals surface area contributed by atoms with Gasteiger partial charge in [-0.05, 0) is 24.0 Å². The first-order chi connectivity index (χ1) is 7.13. The Morgan fingerprint density at radius 2 is 2.13 bits per heavy atom. The van der Waals surface area contributed by atoms with Crippen LogP contribution in [0.4, 0.5) is 4.39 Å². The maximum atomic E-state index is 13.0. The molecular weight excluding hydrogens is 198 g/mol. The van der Waals surface area contributed by atoms with Gasteiger partial charge in [0.15, 0.2) is 0 Å². The quantitative estimate of drug-likeness (QED) is 0.421. The van der Waals surface area contributed by atoms with Crippen LogP contribution in [0.3, 0.4) is 0 Å². The van der Waals surface area contributed by atoms with Crippen molar-refractivity contribution in [2.45, 2.75) is 6.42 Å². The summed E-state index contributed by atoms with van der Waals surface area (Å²) in [7, 11) is -1.69. The number of halogens is 1. The molecule has 5 heteroatoms. The first-order valence-corrected chi connectivity index (χ1v) is 4.54. The predicted molar refractivity (Wildman–Crippen MR) is 56.5 cm³/mol. The second-order valence-electron chi connectivity index (χ2n) is 3.02. The summed E-state index contributed by atoms with van der Waals surface area (Å²) >= 11 is 0. The van der Waals surface area contributed by atoms with Crippen LogP contribution in [0.2, 0.25) is 0 Å². The highest BCUT2D eigenvalue weighted by Crippen LogP contribution is 2.11. The molecule has 0 saturated carbocycles. The zero-order chi connectivity index (χ0) is 11.3. The summed E-state index contributed by atoms with van der Waals surface area (Å²) in [6.45, 7) is 3.90. The second kappa shape index (κ2) is 5.53. The highest BCUT2D eigenvalue weighted by Gasteiger charge is 2.13. The highest BCUT2D eigenvalue weighted by molar-refractivity contribution is 6.58. The number of benzene rings is 1. The van der Waals surface area contributed by atoms with Crippen LogP contribution < -0.4 is 10.2 Å². The molecule has 1 rings (SSSR count). The van der Waals surface area contributed by atoms with Crippen LogP contribution in [0, 0.1) is 5.82 Å². The van der Waals surface area contributed by atoms with Gasteiger partial charge in [0.05, 0.1) is 6.61 Å². The maximum Gasteiger partial charge on any atom is 0.488 e. The number of rotatable bonds is 5. The van der Waals surface area contributed by atoms with Crippen molar-refractivity contribution in [2.75, 3.05) is 6.61 Å². The molecule has 15 heavy (non-hydrogen) atoms. The molecule has 0 amide bonds. The lowest BCUT2D eigenvalue weighted by molar-refractivity contribution is 0.323. The molecule has 80 valence electrons. The molecule has 0 radical (unpaired) electrons. The third-order valence-electron chi connectivity index (χ3n) is 1.78. The molecule has 0 saturated heterocycles. The lowest BCUT2D eigenvalue weighted by Crippen LogP contribution is -2.30. The molecule has 3 nitrogen and oxygen atoms in total. The molecule has 1 aromatic carbocycles. The molecule has 0 fully saturated rings. The van der Waals surface area contributed by atoms with E-state index in [2.05, 4.69) is 6.58 Å². The van der Waals surface area contributed by atoms with Crippen molar-refractivity contribution in [3.8, 4) is 5.75 Å². The van der Waals surface area contributed by atoms with Crippen LogP contribution in [-0.4, -0.2) is 23.8 Å². The standard InChI is InChI=1S/C10H12BFO3/c1-2-3-4-15-10-6-8(11(13)14)5-9(12)7-10/h2,5-7,13-14H,1,3-4H2. The largest absolute Gasteiger partial charge is 0.493 e. The van der Waals surface area contributed by atoms with Gasteiger partial charge < -0.3 is 14.8 Å². The minimum Gasteiger partial charge on any atom is -0.493 e. The van der Waals surface area contributed by atoms with Gasteiger partial charge in [-0.3, -0.25) is 0 Å². The molecule has 0 heterocycles. The second-order valence-corrected chi connectivity index (χ2v) is 3.02. The maximum absolute atomic E-state index is 13.0. The van der Waals surface area contributed by atoms with E-state index in [4.69, 9.17) is 14.8 Å². The van der Waals surface area contributed by atoms with Gasteiger partial charge in [0.1, 0.15) is 11.6 Å². The molecule has 0 spiro atoms. The third-order valence-corrected chi connectivity index (χ3v) is 1.78. The Hall–Kier alpha value is -1.33. The van der Waals surface area contributed by atoms with E-state index < -0.39 is 12.9 Å². The Kier molecular flexibility index (Phi) is 4.33. The van der Waals surface area contributed by atoms with Crippen molar-refractivity contribution in [1.29, 1.82) is 0 Å². The van der Waals surface area contributed by atoms with Crippen LogP contribution in [0.15, 0.2) is 30.9 Å². The average Bonchev–Trinajstić information content (AvgIpc) is 2.17. The molecule has 0 atom stereocenters. The molecule has 0 aliphatic heterocycles. The van der Waals surface area contributed by atoms with Crippen molar-refractivity contribution < 1.29 is 19.2 Å². The Labute approximate surface area is 88.0 Å². The number of ether oxygens (including phenoxy) is 1. The normalized spacial score (nSPS) is 9.80. The lowest BCUT2D eigenvalue weighted by atomic mass is 9.80. The monoisotopic (exact) mass is 210 g/mol. The molecule has 0 aliphatic rings. The van der Waals surface area contributed by atoms with Gasteiger partial charge in [0.25, 0.3) is 0 Å². The fraction of sp³-hybridized carbons (Fsp3) is 0.200. The van der Waals surface area contributed by atoms with Crippen molar-refractivity contribution in [2.24, 2.45) is 0 Å². The van der Waals surface area contributed by atoms with Gasteiger partial charge in [-0.15, -0.1) is 6.58 Å². The average molecular weight is 210 g/mol. The predicted octanol–water partition coefficient (Wildman–Crippen LogP) is 0.460. The third kappa shape index (κ3) is 3.73. The summed E-state index contributed by atoms with van der Waals surface area (Å²) in [4.78, 5) is 0. The summed E-state index contributed by atoms with van der Waals surface area (Å²) in [5.41, 5.74) is 0.0728. The van der Waals surface area contributed by atoms with Gasteiger partial charge in [-0.25, -0.2) is 4.39 Å². The van der Waals surface area contributed by atoms with E-state index in [0.29, 0.717) is 13.0 Å². The summed E-state index contributed by atoms with van der Waals surface area (Å²) < 4.78 is 18.2. The molecule has 0 aliphatic carbocycles. The summed E-state index contributed by atoms with van der Waals surface area (Å²) in [5, 5.41) is 17.7. The molecule has 0 bridgehead atoms. The molecule has 1 aromatic rings. The Morgan fingerprint density at radius 3 is 2.73 bits per heavy atom. The van der Waals surface area contributed by atoms with Gasteiger partial charge in [0, 0.05) is 6.07 Å². The first kappa shape index (κ1) is 11.7.